The molecular weight excluding hydrogens is 480 g/mol. The fraction of sp³-hybridized carbons (Fsp3) is 0.179. The first-order valence-corrected chi connectivity index (χ1v) is 11.3. The SMILES string of the molecule is CCOC(=O)c1oc2cc(OC(=O)c3ccccc3OC)ccc2c(=O)c1-c1ccc(OC)c(OC)c1. The van der Waals surface area contributed by atoms with Gasteiger partial charge in [0.1, 0.15) is 22.6 Å². The zero-order valence-electron chi connectivity index (χ0n) is 20.7. The molecule has 9 heteroatoms. The monoisotopic (exact) mass is 504 g/mol. The number of benzene rings is 3. The van der Waals surface area contributed by atoms with E-state index in [1.165, 1.54) is 39.5 Å². The second-order valence-corrected chi connectivity index (χ2v) is 7.67. The van der Waals surface area contributed by atoms with Gasteiger partial charge >= 0.3 is 11.9 Å². The van der Waals surface area contributed by atoms with Crippen LogP contribution in [-0.2, 0) is 4.74 Å². The van der Waals surface area contributed by atoms with E-state index in [1.807, 2.05) is 0 Å². The highest BCUT2D eigenvalue weighted by atomic mass is 16.5. The van der Waals surface area contributed by atoms with Gasteiger partial charge in [-0.15, -0.1) is 0 Å². The van der Waals surface area contributed by atoms with E-state index in [9.17, 15) is 14.4 Å². The highest BCUT2D eigenvalue weighted by Crippen LogP contribution is 2.34. The molecule has 0 atom stereocenters. The lowest BCUT2D eigenvalue weighted by molar-refractivity contribution is 0.0491. The highest BCUT2D eigenvalue weighted by Gasteiger charge is 2.25. The summed E-state index contributed by atoms with van der Waals surface area (Å²) in [7, 11) is 4.40. The number of hydrogen-bond donors (Lipinski definition) is 0. The summed E-state index contributed by atoms with van der Waals surface area (Å²) in [6, 6.07) is 15.7. The van der Waals surface area contributed by atoms with Crippen LogP contribution in [0.5, 0.6) is 23.0 Å². The van der Waals surface area contributed by atoms with Crippen molar-refractivity contribution >= 4 is 22.9 Å². The number of hydrogen-bond acceptors (Lipinski definition) is 9. The van der Waals surface area contributed by atoms with Gasteiger partial charge in [0.2, 0.25) is 11.2 Å². The van der Waals surface area contributed by atoms with Crippen molar-refractivity contribution in [3.63, 3.8) is 0 Å². The van der Waals surface area contributed by atoms with Crippen LogP contribution in [0.1, 0.15) is 27.8 Å². The number of carbonyl (C=O) groups excluding carboxylic acids is 2. The maximum absolute atomic E-state index is 13.6. The molecule has 0 spiro atoms. The predicted octanol–water partition coefficient (Wildman–Crippen LogP) is 4.88. The molecule has 1 aromatic heterocycles. The van der Waals surface area contributed by atoms with E-state index in [1.54, 1.807) is 49.4 Å². The number of methoxy groups -OCH3 is 3. The molecule has 0 saturated carbocycles. The van der Waals surface area contributed by atoms with Gasteiger partial charge in [-0.25, -0.2) is 9.59 Å². The third-order valence-electron chi connectivity index (χ3n) is 5.53. The predicted molar refractivity (Wildman–Crippen MR) is 135 cm³/mol. The van der Waals surface area contributed by atoms with Crippen LogP contribution >= 0.6 is 0 Å². The molecular formula is C28H24O9. The molecule has 4 aromatic rings. The normalized spacial score (nSPS) is 10.6. The Morgan fingerprint density at radius 2 is 1.54 bits per heavy atom. The number of rotatable bonds is 8. The van der Waals surface area contributed by atoms with Gasteiger partial charge in [0.25, 0.3) is 0 Å². The quantitative estimate of drug-likeness (QED) is 0.245. The van der Waals surface area contributed by atoms with E-state index >= 15 is 0 Å². The number of esters is 2. The van der Waals surface area contributed by atoms with E-state index in [0.717, 1.165) is 0 Å². The zero-order chi connectivity index (χ0) is 26.5. The molecule has 9 nitrogen and oxygen atoms in total. The van der Waals surface area contributed by atoms with Crippen molar-refractivity contribution in [2.45, 2.75) is 6.92 Å². The third-order valence-corrected chi connectivity index (χ3v) is 5.53. The molecule has 3 aromatic carbocycles. The van der Waals surface area contributed by atoms with Crippen LogP contribution in [0.15, 0.2) is 69.9 Å². The van der Waals surface area contributed by atoms with Crippen LogP contribution in [0, 0.1) is 0 Å². The molecule has 0 bridgehead atoms. The minimum Gasteiger partial charge on any atom is -0.496 e. The molecule has 0 N–H and O–H groups in total. The summed E-state index contributed by atoms with van der Waals surface area (Å²) in [5, 5.41) is 0.176. The molecule has 0 unspecified atom stereocenters. The van der Waals surface area contributed by atoms with E-state index in [2.05, 4.69) is 0 Å². The summed E-state index contributed by atoms with van der Waals surface area (Å²) in [4.78, 5) is 39.1. The van der Waals surface area contributed by atoms with Crippen LogP contribution < -0.4 is 24.4 Å². The lowest BCUT2D eigenvalue weighted by Crippen LogP contribution is -2.15. The van der Waals surface area contributed by atoms with Gasteiger partial charge in [-0.05, 0) is 48.9 Å². The van der Waals surface area contributed by atoms with Gasteiger partial charge in [0.15, 0.2) is 11.5 Å². The molecule has 0 aliphatic rings. The largest absolute Gasteiger partial charge is 0.496 e. The third kappa shape index (κ3) is 4.97. The van der Waals surface area contributed by atoms with Gasteiger partial charge in [0.05, 0.1) is 38.9 Å². The second kappa shape index (κ2) is 10.9. The van der Waals surface area contributed by atoms with Crippen molar-refractivity contribution in [3.05, 3.63) is 82.2 Å². The summed E-state index contributed by atoms with van der Waals surface area (Å²) in [6.07, 6.45) is 0. The van der Waals surface area contributed by atoms with Crippen molar-refractivity contribution in [3.8, 4) is 34.1 Å². The van der Waals surface area contributed by atoms with Crippen LogP contribution in [0.4, 0.5) is 0 Å². The molecule has 190 valence electrons. The first-order valence-electron chi connectivity index (χ1n) is 11.3. The van der Waals surface area contributed by atoms with E-state index in [0.29, 0.717) is 22.8 Å². The minimum atomic E-state index is -0.817. The van der Waals surface area contributed by atoms with Crippen LogP contribution in [0.2, 0.25) is 0 Å². The Morgan fingerprint density at radius 3 is 2.24 bits per heavy atom. The van der Waals surface area contributed by atoms with Crippen molar-refractivity contribution in [1.82, 2.24) is 0 Å². The van der Waals surface area contributed by atoms with E-state index < -0.39 is 17.4 Å². The Labute approximate surface area is 212 Å². The van der Waals surface area contributed by atoms with Crippen LogP contribution in [0.3, 0.4) is 0 Å². The average molecular weight is 504 g/mol. The fourth-order valence-corrected chi connectivity index (χ4v) is 3.81. The maximum Gasteiger partial charge on any atom is 0.375 e. The molecule has 0 saturated heterocycles. The Balaban J connectivity index is 1.83. The Hall–Kier alpha value is -4.79. The second-order valence-electron chi connectivity index (χ2n) is 7.67. The lowest BCUT2D eigenvalue weighted by Gasteiger charge is -2.13. The highest BCUT2D eigenvalue weighted by molar-refractivity contribution is 5.98. The topological polar surface area (TPSA) is 111 Å². The number of para-hydroxylation sites is 1. The van der Waals surface area contributed by atoms with Gasteiger partial charge in [0, 0.05) is 6.07 Å². The summed E-state index contributed by atoms with van der Waals surface area (Å²) in [5.74, 6) is -0.484. The molecule has 0 amide bonds. The number of fused-ring (bicyclic) bond motifs is 1. The first-order chi connectivity index (χ1) is 17.9. The molecule has 0 aliphatic carbocycles. The van der Waals surface area contributed by atoms with Crippen LogP contribution in [0.25, 0.3) is 22.1 Å². The summed E-state index contributed by atoms with van der Waals surface area (Å²) < 4.78 is 32.3. The average Bonchev–Trinajstić information content (AvgIpc) is 2.92. The molecule has 4 rings (SSSR count). The van der Waals surface area contributed by atoms with Crippen molar-refractivity contribution in [1.29, 1.82) is 0 Å². The van der Waals surface area contributed by atoms with Gasteiger partial charge in [-0.3, -0.25) is 4.79 Å². The zero-order valence-corrected chi connectivity index (χ0v) is 20.7. The summed E-state index contributed by atoms with van der Waals surface area (Å²) in [6.45, 7) is 1.71. The summed E-state index contributed by atoms with van der Waals surface area (Å²) >= 11 is 0. The Morgan fingerprint density at radius 1 is 0.811 bits per heavy atom. The molecule has 37 heavy (non-hydrogen) atoms. The minimum absolute atomic E-state index is 0.00525. The van der Waals surface area contributed by atoms with Crippen molar-refractivity contribution in [2.24, 2.45) is 0 Å². The summed E-state index contributed by atoms with van der Waals surface area (Å²) in [5.41, 5.74) is 0.179. The van der Waals surface area contributed by atoms with Crippen molar-refractivity contribution < 1.29 is 37.7 Å². The maximum atomic E-state index is 13.6. The number of carbonyl (C=O) groups is 2. The van der Waals surface area contributed by atoms with Crippen LogP contribution in [-0.4, -0.2) is 39.9 Å². The first kappa shape index (κ1) is 25.3. The Kier molecular flexibility index (Phi) is 7.43. The lowest BCUT2D eigenvalue weighted by atomic mass is 10.0. The smallest absolute Gasteiger partial charge is 0.375 e. The number of ether oxygens (including phenoxy) is 5. The van der Waals surface area contributed by atoms with E-state index in [4.69, 9.17) is 28.1 Å². The van der Waals surface area contributed by atoms with Gasteiger partial charge in [-0.1, -0.05) is 18.2 Å². The fourth-order valence-electron chi connectivity index (χ4n) is 3.81. The van der Waals surface area contributed by atoms with E-state index in [-0.39, 0.29) is 40.2 Å². The molecule has 0 fully saturated rings. The molecule has 1 heterocycles. The van der Waals surface area contributed by atoms with Gasteiger partial charge in [-0.2, -0.15) is 0 Å². The standard InChI is InChI=1S/C28H24O9/c1-5-35-28(31)26-24(16-10-13-21(33-3)23(14-16)34-4)25(29)18-12-11-17(15-22(18)37-26)36-27(30)19-8-6-7-9-20(19)32-2/h6-15H,5H2,1-4H3. The molecule has 0 radical (unpaired) electrons. The van der Waals surface area contributed by atoms with Gasteiger partial charge < -0.3 is 28.1 Å². The van der Waals surface area contributed by atoms with Crippen molar-refractivity contribution in [2.75, 3.05) is 27.9 Å². The molecule has 0 aliphatic heterocycles. The Bertz CT molecular complexity index is 1530.